The molecule has 3 atom stereocenters. The van der Waals surface area contributed by atoms with Crippen molar-refractivity contribution in [3.63, 3.8) is 0 Å². The number of likely N-dealkylation sites (tertiary alicyclic amines) is 1. The normalized spacial score (nSPS) is 17.4. The summed E-state index contributed by atoms with van der Waals surface area (Å²) in [6, 6.07) is 9.99. The summed E-state index contributed by atoms with van der Waals surface area (Å²) in [6.07, 6.45) is -2.58. The van der Waals surface area contributed by atoms with E-state index in [0.29, 0.717) is 25.2 Å². The molecule has 1 aliphatic rings. The minimum absolute atomic E-state index is 0.0799. The zero-order valence-corrected chi connectivity index (χ0v) is 23.3. The van der Waals surface area contributed by atoms with E-state index in [1.807, 2.05) is 6.92 Å². The second kappa shape index (κ2) is 16.2. The third-order valence-corrected chi connectivity index (χ3v) is 6.46. The van der Waals surface area contributed by atoms with Crippen LogP contribution in [0.15, 0.2) is 48.5 Å². The molecule has 230 valence electrons. The molecule has 2 aromatic carbocycles. The van der Waals surface area contributed by atoms with E-state index < -0.39 is 36.7 Å². The highest BCUT2D eigenvalue weighted by Crippen LogP contribution is 2.29. The van der Waals surface area contributed by atoms with Gasteiger partial charge in [-0.3, -0.25) is 14.4 Å². The first-order chi connectivity index (χ1) is 19.7. The average molecular weight is 594 g/mol. The summed E-state index contributed by atoms with van der Waals surface area (Å²) >= 11 is 0. The Kier molecular flexibility index (Phi) is 13.4. The molecule has 2 aromatic rings. The van der Waals surface area contributed by atoms with Gasteiger partial charge < -0.3 is 42.8 Å². The number of hydrogen-bond donors (Lipinski definition) is 7. The second-order valence-corrected chi connectivity index (χ2v) is 10.0. The van der Waals surface area contributed by atoms with Crippen LogP contribution < -0.4 is 33.3 Å². The van der Waals surface area contributed by atoms with E-state index in [9.17, 15) is 27.6 Å². The van der Waals surface area contributed by atoms with E-state index >= 15 is 0 Å². The van der Waals surface area contributed by atoms with Gasteiger partial charge in [0.2, 0.25) is 17.7 Å². The molecular formula is C27H38BF3N6O5. The number of carbonyl (C=O) groups is 3. The first kappa shape index (κ1) is 34.7. The fourth-order valence-corrected chi connectivity index (χ4v) is 4.16. The van der Waals surface area contributed by atoms with E-state index in [-0.39, 0.29) is 42.8 Å². The standard InChI is InChI=1S/C18H29BN6O5.C9H9F3/c20-12-7-13(21)10-25(9-12)17(27)5-4-15(22)18(28)23-8-16(26)24-14-3-1-2-11(6-14)19(29)30;1-2-7-3-5-8(6-4-7)9(10,11)12/h1-3,6,12-13,15,29-30H,4-5,7-10,20-22H2,(H,23,28)(H,24,26);3-6H,2H2,1H3. The zero-order chi connectivity index (χ0) is 31.4. The van der Waals surface area contributed by atoms with Crippen molar-refractivity contribution in [1.82, 2.24) is 10.2 Å². The first-order valence-electron chi connectivity index (χ1n) is 13.4. The van der Waals surface area contributed by atoms with Gasteiger partial charge in [0, 0.05) is 37.3 Å². The Bertz CT molecular complexity index is 1180. The molecule has 1 saturated heterocycles. The molecule has 3 rings (SSSR count). The second-order valence-electron chi connectivity index (χ2n) is 10.0. The van der Waals surface area contributed by atoms with Crippen LogP contribution in [0, 0.1) is 0 Å². The molecule has 42 heavy (non-hydrogen) atoms. The lowest BCUT2D eigenvalue weighted by molar-refractivity contribution is -0.137. The maximum atomic E-state index is 12.3. The lowest BCUT2D eigenvalue weighted by atomic mass is 9.80. The number of hydrogen-bond acceptors (Lipinski definition) is 8. The van der Waals surface area contributed by atoms with Gasteiger partial charge in [0.05, 0.1) is 18.2 Å². The number of rotatable bonds is 9. The molecule has 1 heterocycles. The number of nitrogens with two attached hydrogens (primary N) is 3. The van der Waals surface area contributed by atoms with Gasteiger partial charge in [-0.2, -0.15) is 13.2 Å². The van der Waals surface area contributed by atoms with Gasteiger partial charge >= 0.3 is 13.3 Å². The van der Waals surface area contributed by atoms with Crippen LogP contribution in [-0.4, -0.2) is 77.5 Å². The van der Waals surface area contributed by atoms with E-state index in [2.05, 4.69) is 10.6 Å². The lowest BCUT2D eigenvalue weighted by Crippen LogP contribution is -2.54. The number of aryl methyl sites for hydroxylation is 1. The molecular weight excluding hydrogens is 556 g/mol. The number of nitrogens with one attached hydrogen (secondary N) is 2. The van der Waals surface area contributed by atoms with Crippen LogP contribution in [0.25, 0.3) is 0 Å². The Balaban J connectivity index is 0.000000428. The Morgan fingerprint density at radius 2 is 1.69 bits per heavy atom. The number of carbonyl (C=O) groups excluding carboxylic acids is 3. The van der Waals surface area contributed by atoms with E-state index in [4.69, 9.17) is 27.2 Å². The number of alkyl halides is 3. The van der Waals surface area contributed by atoms with E-state index in [0.717, 1.165) is 24.1 Å². The number of amides is 3. The van der Waals surface area contributed by atoms with Crippen molar-refractivity contribution in [3.8, 4) is 0 Å². The van der Waals surface area contributed by atoms with Gasteiger partial charge in [0.15, 0.2) is 0 Å². The van der Waals surface area contributed by atoms with Crippen LogP contribution >= 0.6 is 0 Å². The predicted molar refractivity (Wildman–Crippen MR) is 153 cm³/mol. The minimum atomic E-state index is -4.22. The SMILES string of the molecule is CCc1ccc(C(F)(F)F)cc1.NC1CC(N)CN(C(=O)CCC(N)C(=O)NCC(=O)Nc2cccc(B(O)O)c2)C1. The largest absolute Gasteiger partial charge is 0.488 e. The number of anilines is 1. The molecule has 0 aromatic heterocycles. The smallest absolute Gasteiger partial charge is 0.423 e. The minimum Gasteiger partial charge on any atom is -0.423 e. The number of halogens is 3. The van der Waals surface area contributed by atoms with Crippen molar-refractivity contribution < 1.29 is 37.6 Å². The maximum Gasteiger partial charge on any atom is 0.488 e. The van der Waals surface area contributed by atoms with Gasteiger partial charge in [-0.25, -0.2) is 0 Å². The van der Waals surface area contributed by atoms with Crippen LogP contribution in [0.3, 0.4) is 0 Å². The molecule has 0 spiro atoms. The van der Waals surface area contributed by atoms with Crippen molar-refractivity contribution in [2.75, 3.05) is 25.0 Å². The van der Waals surface area contributed by atoms with Crippen molar-refractivity contribution >= 4 is 36.0 Å². The Morgan fingerprint density at radius 1 is 1.07 bits per heavy atom. The predicted octanol–water partition coefficient (Wildman–Crippen LogP) is -0.317. The topological polar surface area (TPSA) is 197 Å². The average Bonchev–Trinajstić information content (AvgIpc) is 2.94. The van der Waals surface area contributed by atoms with Gasteiger partial charge in [-0.1, -0.05) is 31.2 Å². The number of piperidine rings is 1. The molecule has 1 aliphatic heterocycles. The molecule has 0 aliphatic carbocycles. The zero-order valence-electron chi connectivity index (χ0n) is 23.3. The van der Waals surface area contributed by atoms with Gasteiger partial charge in [-0.05, 0) is 54.6 Å². The lowest BCUT2D eigenvalue weighted by Gasteiger charge is -2.34. The summed E-state index contributed by atoms with van der Waals surface area (Å²) in [5.74, 6) is -1.22. The third-order valence-electron chi connectivity index (χ3n) is 6.46. The Labute approximate surface area is 242 Å². The van der Waals surface area contributed by atoms with Gasteiger partial charge in [0.25, 0.3) is 0 Å². The highest BCUT2D eigenvalue weighted by molar-refractivity contribution is 6.58. The van der Waals surface area contributed by atoms with Crippen LogP contribution in [0.2, 0.25) is 0 Å². The summed E-state index contributed by atoms with van der Waals surface area (Å²) in [7, 11) is -1.65. The van der Waals surface area contributed by atoms with Crippen molar-refractivity contribution in [3.05, 3.63) is 59.7 Å². The molecule has 10 N–H and O–H groups in total. The summed E-state index contributed by atoms with van der Waals surface area (Å²) < 4.78 is 36.1. The Hall–Kier alpha value is -3.50. The third kappa shape index (κ3) is 11.8. The van der Waals surface area contributed by atoms with Crippen LogP contribution in [0.5, 0.6) is 0 Å². The highest BCUT2D eigenvalue weighted by atomic mass is 19.4. The monoisotopic (exact) mass is 594 g/mol. The number of benzene rings is 2. The molecule has 0 bridgehead atoms. The Morgan fingerprint density at radius 3 is 2.24 bits per heavy atom. The van der Waals surface area contributed by atoms with Crippen molar-refractivity contribution in [2.24, 2.45) is 17.2 Å². The van der Waals surface area contributed by atoms with E-state index in [1.165, 1.54) is 24.3 Å². The van der Waals surface area contributed by atoms with Gasteiger partial charge in [0.1, 0.15) is 0 Å². The fourth-order valence-electron chi connectivity index (χ4n) is 4.16. The van der Waals surface area contributed by atoms with Crippen molar-refractivity contribution in [1.29, 1.82) is 0 Å². The summed E-state index contributed by atoms with van der Waals surface area (Å²) in [5, 5.41) is 23.3. The number of nitrogens with zero attached hydrogens (tertiary/aromatic N) is 1. The quantitative estimate of drug-likeness (QED) is 0.192. The maximum absolute atomic E-state index is 12.3. The molecule has 11 nitrogen and oxygen atoms in total. The first-order valence-corrected chi connectivity index (χ1v) is 13.4. The van der Waals surface area contributed by atoms with Gasteiger partial charge in [-0.15, -0.1) is 0 Å². The summed E-state index contributed by atoms with van der Waals surface area (Å²) in [4.78, 5) is 37.9. The van der Waals surface area contributed by atoms with Crippen molar-refractivity contribution in [2.45, 2.75) is 56.9 Å². The molecule has 3 amide bonds. The molecule has 3 unspecified atom stereocenters. The fraction of sp³-hybridized carbons (Fsp3) is 0.444. The van der Waals surface area contributed by atoms with Crippen LogP contribution in [0.4, 0.5) is 18.9 Å². The van der Waals surface area contributed by atoms with Crippen LogP contribution in [-0.2, 0) is 27.0 Å². The molecule has 15 heteroatoms. The van der Waals surface area contributed by atoms with Crippen LogP contribution in [0.1, 0.15) is 37.3 Å². The van der Waals surface area contributed by atoms with E-state index in [1.54, 1.807) is 17.0 Å². The molecule has 0 radical (unpaired) electrons. The highest BCUT2D eigenvalue weighted by Gasteiger charge is 2.30. The molecule has 0 saturated carbocycles. The summed E-state index contributed by atoms with van der Waals surface area (Å²) in [5.41, 5.74) is 18.5. The summed E-state index contributed by atoms with van der Waals surface area (Å²) in [6.45, 7) is 2.45. The molecule has 1 fully saturated rings.